The molecule has 0 aromatic heterocycles. The van der Waals surface area contributed by atoms with Crippen molar-refractivity contribution in [2.75, 3.05) is 0 Å². The quantitative estimate of drug-likeness (QED) is 0.789. The second-order valence-corrected chi connectivity index (χ2v) is 4.16. The Hall–Kier alpha value is -1.35. The summed E-state index contributed by atoms with van der Waals surface area (Å²) in [4.78, 5) is 11.1. The SMILES string of the molecule is CC(C)[C@](N)(Cc1ccccc1)C(=O)O. The summed E-state index contributed by atoms with van der Waals surface area (Å²) in [6, 6.07) is 9.47. The van der Waals surface area contributed by atoms with Gasteiger partial charge in [0.2, 0.25) is 0 Å². The van der Waals surface area contributed by atoms with Crippen LogP contribution in [-0.2, 0) is 11.2 Å². The fraction of sp³-hybridized carbons (Fsp3) is 0.417. The van der Waals surface area contributed by atoms with Crippen molar-refractivity contribution in [3.8, 4) is 0 Å². The molecule has 15 heavy (non-hydrogen) atoms. The van der Waals surface area contributed by atoms with Crippen molar-refractivity contribution in [2.45, 2.75) is 25.8 Å². The van der Waals surface area contributed by atoms with Crippen molar-refractivity contribution in [1.29, 1.82) is 0 Å². The molecule has 0 aliphatic heterocycles. The minimum atomic E-state index is -1.18. The molecule has 0 saturated carbocycles. The molecule has 0 bridgehead atoms. The molecule has 0 saturated heterocycles. The summed E-state index contributed by atoms with van der Waals surface area (Å²) in [7, 11) is 0. The first-order chi connectivity index (χ1) is 6.97. The highest BCUT2D eigenvalue weighted by Crippen LogP contribution is 2.20. The van der Waals surface area contributed by atoms with E-state index in [4.69, 9.17) is 10.8 Å². The summed E-state index contributed by atoms with van der Waals surface area (Å²) in [6.07, 6.45) is 0.362. The Labute approximate surface area is 89.9 Å². The molecule has 3 N–H and O–H groups in total. The number of rotatable bonds is 4. The van der Waals surface area contributed by atoms with Gasteiger partial charge in [0.1, 0.15) is 5.54 Å². The molecule has 0 unspecified atom stereocenters. The molecule has 0 heterocycles. The predicted octanol–water partition coefficient (Wildman–Crippen LogP) is 1.67. The Morgan fingerprint density at radius 2 is 1.93 bits per heavy atom. The van der Waals surface area contributed by atoms with E-state index < -0.39 is 11.5 Å². The summed E-state index contributed by atoms with van der Waals surface area (Å²) >= 11 is 0. The first-order valence-corrected chi connectivity index (χ1v) is 5.03. The lowest BCUT2D eigenvalue weighted by Gasteiger charge is -2.28. The molecule has 3 heteroatoms. The second-order valence-electron chi connectivity index (χ2n) is 4.16. The van der Waals surface area contributed by atoms with Gasteiger partial charge in [-0.05, 0) is 11.5 Å². The van der Waals surface area contributed by atoms with E-state index in [0.29, 0.717) is 6.42 Å². The molecule has 0 amide bonds. The van der Waals surface area contributed by atoms with Crippen LogP contribution in [0.5, 0.6) is 0 Å². The van der Waals surface area contributed by atoms with Gasteiger partial charge in [0.25, 0.3) is 0 Å². The van der Waals surface area contributed by atoms with Gasteiger partial charge >= 0.3 is 5.97 Å². The average molecular weight is 207 g/mol. The third kappa shape index (κ3) is 2.57. The smallest absolute Gasteiger partial charge is 0.324 e. The maximum atomic E-state index is 11.1. The summed E-state index contributed by atoms with van der Waals surface area (Å²) in [5.41, 5.74) is 5.69. The Bertz CT molecular complexity index is 335. The molecule has 0 radical (unpaired) electrons. The van der Waals surface area contributed by atoms with E-state index in [2.05, 4.69) is 0 Å². The molecule has 0 fully saturated rings. The van der Waals surface area contributed by atoms with Crippen molar-refractivity contribution in [1.82, 2.24) is 0 Å². The minimum Gasteiger partial charge on any atom is -0.480 e. The third-order valence-corrected chi connectivity index (χ3v) is 2.77. The number of nitrogens with two attached hydrogens (primary N) is 1. The van der Waals surface area contributed by atoms with Crippen LogP contribution in [0.25, 0.3) is 0 Å². The fourth-order valence-electron chi connectivity index (χ4n) is 1.46. The summed E-state index contributed by atoms with van der Waals surface area (Å²) in [5, 5.41) is 9.14. The van der Waals surface area contributed by atoms with Crippen LogP contribution in [0, 0.1) is 5.92 Å². The predicted molar refractivity (Wildman–Crippen MR) is 59.5 cm³/mol. The largest absolute Gasteiger partial charge is 0.480 e. The molecule has 1 aromatic carbocycles. The van der Waals surface area contributed by atoms with Crippen LogP contribution >= 0.6 is 0 Å². The van der Waals surface area contributed by atoms with Crippen LogP contribution < -0.4 is 5.73 Å². The molecule has 0 aliphatic rings. The lowest BCUT2D eigenvalue weighted by Crippen LogP contribution is -2.54. The van der Waals surface area contributed by atoms with Gasteiger partial charge in [-0.3, -0.25) is 4.79 Å². The van der Waals surface area contributed by atoms with Crippen LogP contribution in [0.3, 0.4) is 0 Å². The van der Waals surface area contributed by atoms with E-state index >= 15 is 0 Å². The van der Waals surface area contributed by atoms with Gasteiger partial charge in [0.15, 0.2) is 0 Å². The monoisotopic (exact) mass is 207 g/mol. The van der Waals surface area contributed by atoms with Crippen LogP contribution in [0.15, 0.2) is 30.3 Å². The first kappa shape index (κ1) is 11.7. The van der Waals surface area contributed by atoms with E-state index in [1.165, 1.54) is 0 Å². The van der Waals surface area contributed by atoms with Gasteiger partial charge in [-0.2, -0.15) is 0 Å². The van der Waals surface area contributed by atoms with Crippen LogP contribution in [0.1, 0.15) is 19.4 Å². The molecule has 1 aromatic rings. The van der Waals surface area contributed by atoms with Gasteiger partial charge in [0, 0.05) is 6.42 Å². The Kier molecular flexibility index (Phi) is 3.48. The van der Waals surface area contributed by atoms with E-state index in [9.17, 15) is 4.79 Å². The van der Waals surface area contributed by atoms with E-state index in [-0.39, 0.29) is 5.92 Å². The number of aliphatic carboxylic acids is 1. The van der Waals surface area contributed by atoms with Crippen molar-refractivity contribution < 1.29 is 9.90 Å². The molecular weight excluding hydrogens is 190 g/mol. The minimum absolute atomic E-state index is 0.102. The standard InChI is InChI=1S/C12H17NO2/c1-9(2)12(13,11(14)15)8-10-6-4-3-5-7-10/h3-7,9H,8,13H2,1-2H3,(H,14,15)/t12-/m1/s1. The topological polar surface area (TPSA) is 63.3 Å². The molecule has 82 valence electrons. The van der Waals surface area contributed by atoms with Gasteiger partial charge in [-0.25, -0.2) is 0 Å². The summed E-state index contributed by atoms with van der Waals surface area (Å²) in [5.74, 6) is -1.04. The summed E-state index contributed by atoms with van der Waals surface area (Å²) in [6.45, 7) is 3.66. The van der Waals surface area contributed by atoms with Crippen LogP contribution in [0.4, 0.5) is 0 Å². The maximum Gasteiger partial charge on any atom is 0.324 e. The normalized spacial score (nSPS) is 14.9. The maximum absolute atomic E-state index is 11.1. The first-order valence-electron chi connectivity index (χ1n) is 5.03. The number of benzene rings is 1. The van der Waals surface area contributed by atoms with Gasteiger partial charge in [-0.1, -0.05) is 44.2 Å². The number of carbonyl (C=O) groups is 1. The van der Waals surface area contributed by atoms with Gasteiger partial charge in [0.05, 0.1) is 0 Å². The Morgan fingerprint density at radius 3 is 2.33 bits per heavy atom. The van der Waals surface area contributed by atoms with Gasteiger partial charge < -0.3 is 10.8 Å². The second kappa shape index (κ2) is 4.45. The van der Waals surface area contributed by atoms with E-state index in [1.54, 1.807) is 0 Å². The van der Waals surface area contributed by atoms with Gasteiger partial charge in [-0.15, -0.1) is 0 Å². The molecule has 0 spiro atoms. The summed E-state index contributed by atoms with van der Waals surface area (Å²) < 4.78 is 0. The average Bonchev–Trinajstić information content (AvgIpc) is 2.18. The molecule has 1 atom stereocenters. The molecule has 1 rings (SSSR count). The van der Waals surface area contributed by atoms with E-state index in [1.807, 2.05) is 44.2 Å². The van der Waals surface area contributed by atoms with Crippen molar-refractivity contribution in [2.24, 2.45) is 11.7 Å². The van der Waals surface area contributed by atoms with Crippen LogP contribution in [0.2, 0.25) is 0 Å². The van der Waals surface area contributed by atoms with Crippen molar-refractivity contribution >= 4 is 5.97 Å². The number of hydrogen-bond donors (Lipinski definition) is 2. The third-order valence-electron chi connectivity index (χ3n) is 2.77. The molecule has 0 aliphatic carbocycles. The number of carboxylic acid groups (broad SMARTS) is 1. The Morgan fingerprint density at radius 1 is 1.40 bits per heavy atom. The van der Waals surface area contributed by atoms with E-state index in [0.717, 1.165) is 5.56 Å². The number of hydrogen-bond acceptors (Lipinski definition) is 2. The molecular formula is C12H17NO2. The lowest BCUT2D eigenvalue weighted by molar-refractivity contribution is -0.145. The zero-order valence-corrected chi connectivity index (χ0v) is 9.10. The highest BCUT2D eigenvalue weighted by Gasteiger charge is 2.37. The van der Waals surface area contributed by atoms with Crippen LogP contribution in [-0.4, -0.2) is 16.6 Å². The fourth-order valence-corrected chi connectivity index (χ4v) is 1.46. The number of carboxylic acids is 1. The zero-order valence-electron chi connectivity index (χ0n) is 9.10. The highest BCUT2D eigenvalue weighted by molar-refractivity contribution is 5.79. The Balaban J connectivity index is 2.90. The highest BCUT2D eigenvalue weighted by atomic mass is 16.4. The van der Waals surface area contributed by atoms with Crippen molar-refractivity contribution in [3.63, 3.8) is 0 Å². The zero-order chi connectivity index (χ0) is 11.5. The molecule has 3 nitrogen and oxygen atoms in total. The lowest BCUT2D eigenvalue weighted by atomic mass is 9.82. The van der Waals surface area contributed by atoms with Crippen molar-refractivity contribution in [3.05, 3.63) is 35.9 Å².